The summed E-state index contributed by atoms with van der Waals surface area (Å²) in [6.07, 6.45) is 3.98. The molecule has 1 aliphatic rings. The molecular weight excluding hydrogens is 226 g/mol. The molecule has 1 aliphatic carbocycles. The predicted molar refractivity (Wildman–Crippen MR) is 65.5 cm³/mol. The second-order valence-electron chi connectivity index (χ2n) is 4.48. The van der Waals surface area contributed by atoms with Gasteiger partial charge >= 0.3 is 0 Å². The number of aliphatic hydroxyl groups excluding tert-OH is 1. The monoisotopic (exact) mass is 245 g/mol. The van der Waals surface area contributed by atoms with Crippen molar-refractivity contribution in [2.75, 3.05) is 6.54 Å². The maximum atomic E-state index is 8.84. The van der Waals surface area contributed by atoms with Crippen molar-refractivity contribution in [1.82, 2.24) is 5.32 Å². The Morgan fingerprint density at radius 1 is 1.38 bits per heavy atom. The van der Waals surface area contributed by atoms with Gasteiger partial charge in [-0.25, -0.2) is 0 Å². The van der Waals surface area contributed by atoms with Gasteiger partial charge in [0.15, 0.2) is 0 Å². The number of halogens is 1. The van der Waals surface area contributed by atoms with Crippen LogP contribution in [0.3, 0.4) is 0 Å². The SMILES string of the molecule is CCC1(CNCc2ccc(CO)o2)CC1.Cl. The molecule has 16 heavy (non-hydrogen) atoms. The number of hydrogen-bond donors (Lipinski definition) is 2. The molecule has 0 saturated heterocycles. The summed E-state index contributed by atoms with van der Waals surface area (Å²) in [5, 5.41) is 12.3. The Balaban J connectivity index is 0.00000128. The highest BCUT2D eigenvalue weighted by atomic mass is 35.5. The third kappa shape index (κ3) is 3.24. The average Bonchev–Trinajstić information content (AvgIpc) is 2.89. The van der Waals surface area contributed by atoms with E-state index in [-0.39, 0.29) is 19.0 Å². The van der Waals surface area contributed by atoms with Crippen molar-refractivity contribution in [2.45, 2.75) is 39.3 Å². The maximum Gasteiger partial charge on any atom is 0.129 e. The smallest absolute Gasteiger partial charge is 0.129 e. The molecule has 0 unspecified atom stereocenters. The first-order valence-corrected chi connectivity index (χ1v) is 5.67. The molecule has 1 fully saturated rings. The van der Waals surface area contributed by atoms with Crippen LogP contribution in [0.4, 0.5) is 0 Å². The van der Waals surface area contributed by atoms with Crippen LogP contribution >= 0.6 is 12.4 Å². The van der Waals surface area contributed by atoms with Crippen LogP contribution in [0.15, 0.2) is 16.5 Å². The van der Waals surface area contributed by atoms with Gasteiger partial charge in [0.2, 0.25) is 0 Å². The molecule has 4 heteroatoms. The number of aliphatic hydroxyl groups is 1. The van der Waals surface area contributed by atoms with Crippen molar-refractivity contribution < 1.29 is 9.52 Å². The molecule has 0 amide bonds. The van der Waals surface area contributed by atoms with E-state index in [0.717, 1.165) is 18.8 Å². The molecule has 92 valence electrons. The van der Waals surface area contributed by atoms with Gasteiger partial charge in [0.05, 0.1) is 6.54 Å². The fourth-order valence-electron chi connectivity index (χ4n) is 1.89. The molecule has 0 radical (unpaired) electrons. The topological polar surface area (TPSA) is 45.4 Å². The lowest BCUT2D eigenvalue weighted by Crippen LogP contribution is -2.22. The van der Waals surface area contributed by atoms with Gasteiger partial charge in [-0.05, 0) is 36.8 Å². The quantitative estimate of drug-likeness (QED) is 0.810. The molecule has 2 rings (SSSR count). The van der Waals surface area contributed by atoms with Crippen molar-refractivity contribution in [3.8, 4) is 0 Å². The molecule has 2 N–H and O–H groups in total. The number of nitrogens with one attached hydrogen (secondary N) is 1. The summed E-state index contributed by atoms with van der Waals surface area (Å²) in [5.74, 6) is 1.55. The molecule has 1 aromatic heterocycles. The van der Waals surface area contributed by atoms with E-state index in [2.05, 4.69) is 12.2 Å². The first-order chi connectivity index (χ1) is 7.28. The van der Waals surface area contributed by atoms with Crippen LogP contribution in [0.2, 0.25) is 0 Å². The molecule has 1 heterocycles. The van der Waals surface area contributed by atoms with Crippen molar-refractivity contribution in [2.24, 2.45) is 5.41 Å². The van der Waals surface area contributed by atoms with Gasteiger partial charge in [-0.1, -0.05) is 6.92 Å². The molecule has 1 saturated carbocycles. The van der Waals surface area contributed by atoms with E-state index in [1.165, 1.54) is 19.3 Å². The lowest BCUT2D eigenvalue weighted by atomic mass is 10.0. The highest BCUT2D eigenvalue weighted by Crippen LogP contribution is 2.47. The van der Waals surface area contributed by atoms with Crippen LogP contribution in [0.25, 0.3) is 0 Å². The molecule has 0 aromatic carbocycles. The summed E-state index contributed by atoms with van der Waals surface area (Å²) >= 11 is 0. The van der Waals surface area contributed by atoms with Gasteiger partial charge in [-0.15, -0.1) is 12.4 Å². The zero-order chi connectivity index (χ0) is 10.7. The highest BCUT2D eigenvalue weighted by Gasteiger charge is 2.39. The molecule has 0 spiro atoms. The van der Waals surface area contributed by atoms with Crippen LogP contribution in [0, 0.1) is 5.41 Å². The van der Waals surface area contributed by atoms with E-state index in [1.807, 2.05) is 12.1 Å². The Labute approximate surface area is 103 Å². The molecule has 0 atom stereocenters. The summed E-state index contributed by atoms with van der Waals surface area (Å²) in [5.41, 5.74) is 0.576. The normalized spacial score (nSPS) is 16.9. The van der Waals surface area contributed by atoms with E-state index in [9.17, 15) is 0 Å². The third-order valence-electron chi connectivity index (χ3n) is 3.38. The Bertz CT molecular complexity index is 321. The fourth-order valence-corrected chi connectivity index (χ4v) is 1.89. The molecular formula is C12H20ClNO2. The van der Waals surface area contributed by atoms with Gasteiger partial charge in [-0.2, -0.15) is 0 Å². The summed E-state index contributed by atoms with van der Waals surface area (Å²) < 4.78 is 5.39. The minimum absolute atomic E-state index is 0. The average molecular weight is 246 g/mol. The van der Waals surface area contributed by atoms with Gasteiger partial charge in [0.25, 0.3) is 0 Å². The van der Waals surface area contributed by atoms with E-state index >= 15 is 0 Å². The minimum Gasteiger partial charge on any atom is -0.462 e. The fraction of sp³-hybridized carbons (Fsp3) is 0.667. The zero-order valence-electron chi connectivity index (χ0n) is 9.66. The van der Waals surface area contributed by atoms with Crippen LogP contribution in [0.1, 0.15) is 37.7 Å². The second kappa shape index (κ2) is 5.71. The first kappa shape index (κ1) is 13.6. The lowest BCUT2D eigenvalue weighted by Gasteiger charge is -2.12. The predicted octanol–water partition coefficient (Wildman–Crippen LogP) is 2.47. The van der Waals surface area contributed by atoms with E-state index in [1.54, 1.807) is 0 Å². The second-order valence-corrected chi connectivity index (χ2v) is 4.48. The molecule has 0 bridgehead atoms. The van der Waals surface area contributed by atoms with Gasteiger partial charge in [-0.3, -0.25) is 0 Å². The van der Waals surface area contributed by atoms with E-state index in [0.29, 0.717) is 11.2 Å². The van der Waals surface area contributed by atoms with Crippen LogP contribution in [0.5, 0.6) is 0 Å². The van der Waals surface area contributed by atoms with Crippen molar-refractivity contribution >= 4 is 12.4 Å². The van der Waals surface area contributed by atoms with Gasteiger partial charge in [0.1, 0.15) is 18.1 Å². The maximum absolute atomic E-state index is 8.84. The van der Waals surface area contributed by atoms with E-state index in [4.69, 9.17) is 9.52 Å². The summed E-state index contributed by atoms with van der Waals surface area (Å²) in [7, 11) is 0. The van der Waals surface area contributed by atoms with Crippen molar-refractivity contribution in [3.63, 3.8) is 0 Å². The number of rotatable bonds is 6. The van der Waals surface area contributed by atoms with Crippen molar-refractivity contribution in [3.05, 3.63) is 23.7 Å². The van der Waals surface area contributed by atoms with E-state index < -0.39 is 0 Å². The highest BCUT2D eigenvalue weighted by molar-refractivity contribution is 5.85. The number of furan rings is 1. The number of hydrogen-bond acceptors (Lipinski definition) is 3. The third-order valence-corrected chi connectivity index (χ3v) is 3.38. The summed E-state index contributed by atoms with van der Waals surface area (Å²) in [6.45, 7) is 4.09. The Kier molecular flexibility index (Phi) is 4.84. The summed E-state index contributed by atoms with van der Waals surface area (Å²) in [4.78, 5) is 0. The Morgan fingerprint density at radius 2 is 2.06 bits per heavy atom. The largest absolute Gasteiger partial charge is 0.462 e. The zero-order valence-corrected chi connectivity index (χ0v) is 10.5. The minimum atomic E-state index is -0.0150. The Morgan fingerprint density at radius 3 is 2.56 bits per heavy atom. The van der Waals surface area contributed by atoms with Gasteiger partial charge < -0.3 is 14.8 Å². The first-order valence-electron chi connectivity index (χ1n) is 5.67. The lowest BCUT2D eigenvalue weighted by molar-refractivity contribution is 0.242. The summed E-state index contributed by atoms with van der Waals surface area (Å²) in [6, 6.07) is 3.74. The standard InChI is InChI=1S/C12H19NO2.ClH/c1-2-12(5-6-12)9-13-7-10-3-4-11(8-14)15-10;/h3-4,13-14H,2,5-9H2,1H3;1H. The van der Waals surface area contributed by atoms with Crippen molar-refractivity contribution in [1.29, 1.82) is 0 Å². The molecule has 1 aromatic rings. The van der Waals surface area contributed by atoms with Crippen LogP contribution in [-0.2, 0) is 13.2 Å². The molecule has 3 nitrogen and oxygen atoms in total. The van der Waals surface area contributed by atoms with Gasteiger partial charge in [0, 0.05) is 6.54 Å². The van der Waals surface area contributed by atoms with Crippen LogP contribution < -0.4 is 5.32 Å². The Hall–Kier alpha value is -0.510. The molecule has 0 aliphatic heterocycles. The van der Waals surface area contributed by atoms with Crippen LogP contribution in [-0.4, -0.2) is 11.7 Å².